The molecule has 24 heavy (non-hydrogen) atoms. The number of rotatable bonds is 3. The van der Waals surface area contributed by atoms with Gasteiger partial charge in [0.1, 0.15) is 0 Å². The van der Waals surface area contributed by atoms with Crippen molar-refractivity contribution in [3.8, 4) is 0 Å². The molecule has 0 fully saturated rings. The van der Waals surface area contributed by atoms with Crippen LogP contribution < -0.4 is 10.6 Å². The van der Waals surface area contributed by atoms with Gasteiger partial charge in [-0.15, -0.1) is 0 Å². The number of amides is 2. The number of urea groups is 1. The van der Waals surface area contributed by atoms with E-state index in [2.05, 4.69) is 33.9 Å². The van der Waals surface area contributed by atoms with Gasteiger partial charge in [0.2, 0.25) is 0 Å². The molecule has 2 amide bonds. The quantitative estimate of drug-likeness (QED) is 0.912. The summed E-state index contributed by atoms with van der Waals surface area (Å²) in [5.74, 6) is 0. The zero-order valence-electron chi connectivity index (χ0n) is 14.1. The van der Waals surface area contributed by atoms with E-state index in [1.54, 1.807) is 0 Å². The highest BCUT2D eigenvalue weighted by molar-refractivity contribution is 5.74. The summed E-state index contributed by atoms with van der Waals surface area (Å²) >= 11 is 0. The highest BCUT2D eigenvalue weighted by Crippen LogP contribution is 2.29. The third-order valence-electron chi connectivity index (χ3n) is 5.30. The topological polar surface area (TPSA) is 59.0 Å². The molecule has 1 heterocycles. The van der Waals surface area contributed by atoms with E-state index in [0.29, 0.717) is 6.54 Å². The molecule has 2 aliphatic carbocycles. The lowest BCUT2D eigenvalue weighted by Gasteiger charge is -2.24. The van der Waals surface area contributed by atoms with Crippen molar-refractivity contribution < 1.29 is 4.79 Å². The summed E-state index contributed by atoms with van der Waals surface area (Å²) in [6, 6.07) is 6.55. The summed E-state index contributed by atoms with van der Waals surface area (Å²) in [5.41, 5.74) is 6.50. The second kappa shape index (κ2) is 6.30. The molecular formula is C19H24N4O. The average molecular weight is 324 g/mol. The number of hydrogen-bond acceptors (Lipinski definition) is 2. The standard InChI is InChI=1S/C19H24N4O/c1-23-18-7-3-6-17(16(18)12-21-23)22-19(24)20-11-13-8-9-14-4-2-5-15(14)10-13/h8-10,12,17H,2-7,11H2,1H3,(H2,20,22,24)/t17-/m0/s1. The lowest BCUT2D eigenvalue weighted by atomic mass is 9.93. The lowest BCUT2D eigenvalue weighted by molar-refractivity contribution is 0.235. The van der Waals surface area contributed by atoms with E-state index < -0.39 is 0 Å². The van der Waals surface area contributed by atoms with Crippen LogP contribution in [-0.4, -0.2) is 15.8 Å². The Morgan fingerprint density at radius 1 is 1.25 bits per heavy atom. The van der Waals surface area contributed by atoms with Crippen LogP contribution in [0.1, 0.15) is 53.3 Å². The van der Waals surface area contributed by atoms with Crippen molar-refractivity contribution in [2.24, 2.45) is 7.05 Å². The van der Waals surface area contributed by atoms with Gasteiger partial charge in [0, 0.05) is 24.8 Å². The van der Waals surface area contributed by atoms with E-state index in [1.165, 1.54) is 41.6 Å². The Morgan fingerprint density at radius 3 is 3.04 bits per heavy atom. The first-order valence-corrected chi connectivity index (χ1v) is 8.86. The van der Waals surface area contributed by atoms with Crippen LogP contribution in [0.4, 0.5) is 4.79 Å². The summed E-state index contributed by atoms with van der Waals surface area (Å²) in [7, 11) is 1.97. The molecule has 2 aliphatic rings. The Morgan fingerprint density at radius 2 is 2.12 bits per heavy atom. The molecule has 1 aromatic carbocycles. The maximum Gasteiger partial charge on any atom is 0.315 e. The van der Waals surface area contributed by atoms with Crippen LogP contribution in [0.25, 0.3) is 0 Å². The number of aromatic nitrogens is 2. The van der Waals surface area contributed by atoms with Gasteiger partial charge >= 0.3 is 6.03 Å². The highest BCUT2D eigenvalue weighted by atomic mass is 16.2. The van der Waals surface area contributed by atoms with E-state index in [9.17, 15) is 4.79 Å². The van der Waals surface area contributed by atoms with Gasteiger partial charge in [0.25, 0.3) is 0 Å². The van der Waals surface area contributed by atoms with Crippen molar-refractivity contribution in [1.29, 1.82) is 0 Å². The second-order valence-electron chi connectivity index (χ2n) is 6.90. The normalized spacial score (nSPS) is 18.8. The lowest BCUT2D eigenvalue weighted by Crippen LogP contribution is -2.38. The molecule has 0 bridgehead atoms. The van der Waals surface area contributed by atoms with Crippen LogP contribution in [0.2, 0.25) is 0 Å². The molecular weight excluding hydrogens is 300 g/mol. The van der Waals surface area contributed by atoms with Crippen LogP contribution in [0.15, 0.2) is 24.4 Å². The van der Waals surface area contributed by atoms with Crippen molar-refractivity contribution in [1.82, 2.24) is 20.4 Å². The van der Waals surface area contributed by atoms with Gasteiger partial charge in [-0.2, -0.15) is 5.10 Å². The smallest absolute Gasteiger partial charge is 0.315 e. The maximum absolute atomic E-state index is 12.3. The number of fused-ring (bicyclic) bond motifs is 2. The first kappa shape index (κ1) is 15.2. The highest BCUT2D eigenvalue weighted by Gasteiger charge is 2.24. The van der Waals surface area contributed by atoms with Crippen LogP contribution in [0, 0.1) is 0 Å². The summed E-state index contributed by atoms with van der Waals surface area (Å²) in [6.45, 7) is 0.575. The third kappa shape index (κ3) is 2.90. The number of carbonyl (C=O) groups excluding carboxylic acids is 1. The van der Waals surface area contributed by atoms with Gasteiger partial charge in [-0.25, -0.2) is 4.79 Å². The van der Waals surface area contributed by atoms with Crippen molar-refractivity contribution in [3.05, 3.63) is 52.3 Å². The summed E-state index contributed by atoms with van der Waals surface area (Å²) in [5, 5.41) is 10.4. The van der Waals surface area contributed by atoms with Gasteiger partial charge in [0.15, 0.2) is 0 Å². The number of hydrogen-bond donors (Lipinski definition) is 2. The fourth-order valence-corrected chi connectivity index (χ4v) is 3.98. The maximum atomic E-state index is 12.3. The molecule has 2 N–H and O–H groups in total. The van der Waals surface area contributed by atoms with Crippen LogP contribution in [0.5, 0.6) is 0 Å². The molecule has 126 valence electrons. The van der Waals surface area contributed by atoms with Crippen molar-refractivity contribution >= 4 is 6.03 Å². The number of carbonyl (C=O) groups is 1. The van der Waals surface area contributed by atoms with Gasteiger partial charge in [-0.3, -0.25) is 4.68 Å². The molecule has 0 radical (unpaired) electrons. The molecule has 1 aromatic heterocycles. The van der Waals surface area contributed by atoms with Crippen LogP contribution in [-0.2, 0) is 32.9 Å². The van der Waals surface area contributed by atoms with Gasteiger partial charge in [0.05, 0.1) is 12.2 Å². The predicted molar refractivity (Wildman–Crippen MR) is 92.7 cm³/mol. The van der Waals surface area contributed by atoms with Gasteiger partial charge < -0.3 is 10.6 Å². The molecule has 0 aliphatic heterocycles. The first-order valence-electron chi connectivity index (χ1n) is 8.86. The molecule has 2 aromatic rings. The molecule has 4 rings (SSSR count). The monoisotopic (exact) mass is 324 g/mol. The van der Waals surface area contributed by atoms with E-state index in [1.807, 2.05) is 17.9 Å². The van der Waals surface area contributed by atoms with Crippen LogP contribution in [0.3, 0.4) is 0 Å². The van der Waals surface area contributed by atoms with E-state index in [4.69, 9.17) is 0 Å². The summed E-state index contributed by atoms with van der Waals surface area (Å²) < 4.78 is 1.92. The van der Waals surface area contributed by atoms with E-state index in [-0.39, 0.29) is 12.1 Å². The van der Waals surface area contributed by atoms with E-state index >= 15 is 0 Å². The predicted octanol–water partition coefficient (Wildman–Crippen LogP) is 2.79. The fraction of sp³-hybridized carbons (Fsp3) is 0.474. The molecule has 0 saturated carbocycles. The number of nitrogens with one attached hydrogen (secondary N) is 2. The Hall–Kier alpha value is -2.30. The Balaban J connectivity index is 1.36. The van der Waals surface area contributed by atoms with Gasteiger partial charge in [-0.05, 0) is 55.2 Å². The average Bonchev–Trinajstić information content (AvgIpc) is 3.20. The molecule has 0 unspecified atom stereocenters. The summed E-state index contributed by atoms with van der Waals surface area (Å²) in [6.07, 6.45) is 8.61. The summed E-state index contributed by atoms with van der Waals surface area (Å²) in [4.78, 5) is 12.3. The minimum atomic E-state index is -0.0998. The van der Waals surface area contributed by atoms with Gasteiger partial charge in [-0.1, -0.05) is 18.2 Å². The van der Waals surface area contributed by atoms with Crippen LogP contribution >= 0.6 is 0 Å². The second-order valence-corrected chi connectivity index (χ2v) is 6.90. The Labute approximate surface area is 142 Å². The number of benzene rings is 1. The van der Waals surface area contributed by atoms with Crippen molar-refractivity contribution in [3.63, 3.8) is 0 Å². The first-order chi connectivity index (χ1) is 11.7. The Bertz CT molecular complexity index is 765. The Kier molecular flexibility index (Phi) is 4.00. The van der Waals surface area contributed by atoms with E-state index in [0.717, 1.165) is 24.8 Å². The number of nitrogens with zero attached hydrogens (tertiary/aromatic N) is 2. The number of aryl methyl sites for hydroxylation is 3. The largest absolute Gasteiger partial charge is 0.334 e. The third-order valence-corrected chi connectivity index (χ3v) is 5.30. The van der Waals surface area contributed by atoms with Crippen molar-refractivity contribution in [2.45, 2.75) is 51.1 Å². The zero-order chi connectivity index (χ0) is 16.5. The van der Waals surface area contributed by atoms with Crippen molar-refractivity contribution in [2.75, 3.05) is 0 Å². The molecule has 5 nitrogen and oxygen atoms in total. The molecule has 0 saturated heterocycles. The molecule has 0 spiro atoms. The molecule has 1 atom stereocenters. The minimum absolute atomic E-state index is 0.0717. The fourth-order valence-electron chi connectivity index (χ4n) is 3.98. The zero-order valence-corrected chi connectivity index (χ0v) is 14.1. The molecule has 5 heteroatoms. The SMILES string of the molecule is Cn1ncc2c1CCC[C@@H]2NC(=O)NCc1ccc2c(c1)CCC2. The minimum Gasteiger partial charge on any atom is -0.334 e.